The third-order valence-electron chi connectivity index (χ3n) is 4.95. The lowest BCUT2D eigenvalue weighted by molar-refractivity contribution is 0.150. The molecule has 118 valence electrons. The highest BCUT2D eigenvalue weighted by atomic mass is 19.2. The van der Waals surface area contributed by atoms with Crippen molar-refractivity contribution < 1.29 is 8.78 Å². The number of hydrogen-bond acceptors (Lipinski definition) is 2. The SMILES string of the molecule is CCC1(CC)CN(Cc2cccc(F)c2F)C(C)CCN1. The van der Waals surface area contributed by atoms with E-state index in [4.69, 9.17) is 0 Å². The van der Waals surface area contributed by atoms with Gasteiger partial charge in [-0.25, -0.2) is 8.78 Å². The van der Waals surface area contributed by atoms with Crippen LogP contribution in [0, 0.1) is 11.6 Å². The lowest BCUT2D eigenvalue weighted by atomic mass is 9.92. The molecule has 0 saturated carbocycles. The van der Waals surface area contributed by atoms with Crippen molar-refractivity contribution in [2.75, 3.05) is 13.1 Å². The summed E-state index contributed by atoms with van der Waals surface area (Å²) in [5.74, 6) is -1.47. The molecule has 1 N–H and O–H groups in total. The molecule has 0 aliphatic carbocycles. The molecule has 1 aliphatic heterocycles. The van der Waals surface area contributed by atoms with E-state index in [1.165, 1.54) is 6.07 Å². The van der Waals surface area contributed by atoms with Crippen LogP contribution >= 0.6 is 0 Å². The first-order chi connectivity index (χ1) is 10.0. The third-order valence-corrected chi connectivity index (χ3v) is 4.95. The molecular formula is C17H26F2N2. The van der Waals surface area contributed by atoms with E-state index in [9.17, 15) is 8.78 Å². The molecule has 0 bridgehead atoms. The van der Waals surface area contributed by atoms with Gasteiger partial charge in [-0.05, 0) is 38.8 Å². The average Bonchev–Trinajstić information content (AvgIpc) is 2.64. The number of nitrogens with zero attached hydrogens (tertiary/aromatic N) is 1. The largest absolute Gasteiger partial charge is 0.310 e. The smallest absolute Gasteiger partial charge is 0.163 e. The summed E-state index contributed by atoms with van der Waals surface area (Å²) in [5.41, 5.74) is 0.527. The van der Waals surface area contributed by atoms with Gasteiger partial charge in [-0.15, -0.1) is 0 Å². The average molecular weight is 296 g/mol. The van der Waals surface area contributed by atoms with E-state index in [1.54, 1.807) is 12.1 Å². The minimum absolute atomic E-state index is 0.0779. The van der Waals surface area contributed by atoms with Crippen molar-refractivity contribution in [2.45, 2.75) is 58.2 Å². The molecule has 2 nitrogen and oxygen atoms in total. The van der Waals surface area contributed by atoms with Gasteiger partial charge in [0.05, 0.1) is 0 Å². The molecule has 2 rings (SSSR count). The Morgan fingerprint density at radius 2 is 2.00 bits per heavy atom. The Bertz CT molecular complexity index is 472. The highest BCUT2D eigenvalue weighted by Crippen LogP contribution is 2.25. The van der Waals surface area contributed by atoms with Crippen LogP contribution in [-0.2, 0) is 6.54 Å². The highest BCUT2D eigenvalue weighted by Gasteiger charge is 2.33. The van der Waals surface area contributed by atoms with Crippen molar-refractivity contribution in [1.29, 1.82) is 0 Å². The Labute approximate surface area is 126 Å². The summed E-state index contributed by atoms with van der Waals surface area (Å²) >= 11 is 0. The predicted octanol–water partition coefficient (Wildman–Crippen LogP) is 3.71. The Balaban J connectivity index is 2.21. The molecule has 1 aliphatic rings. The van der Waals surface area contributed by atoms with Crippen LogP contribution in [0.3, 0.4) is 0 Å². The van der Waals surface area contributed by atoms with Crippen LogP contribution in [0.5, 0.6) is 0 Å². The molecule has 0 aromatic heterocycles. The summed E-state index contributed by atoms with van der Waals surface area (Å²) in [4.78, 5) is 2.28. The molecule has 1 heterocycles. The number of nitrogens with one attached hydrogen (secondary N) is 1. The van der Waals surface area contributed by atoms with Crippen LogP contribution < -0.4 is 5.32 Å². The Morgan fingerprint density at radius 3 is 2.67 bits per heavy atom. The summed E-state index contributed by atoms with van der Waals surface area (Å²) < 4.78 is 27.3. The van der Waals surface area contributed by atoms with Crippen molar-refractivity contribution in [3.05, 3.63) is 35.4 Å². The van der Waals surface area contributed by atoms with Gasteiger partial charge in [0.15, 0.2) is 11.6 Å². The van der Waals surface area contributed by atoms with Gasteiger partial charge in [0, 0.05) is 30.2 Å². The molecule has 1 atom stereocenters. The van der Waals surface area contributed by atoms with Crippen LogP contribution in [0.25, 0.3) is 0 Å². The Morgan fingerprint density at radius 1 is 1.29 bits per heavy atom. The van der Waals surface area contributed by atoms with Crippen molar-refractivity contribution in [2.24, 2.45) is 0 Å². The molecule has 0 spiro atoms. The first-order valence-electron chi connectivity index (χ1n) is 7.93. The number of halogens is 2. The van der Waals surface area contributed by atoms with Gasteiger partial charge >= 0.3 is 0 Å². The Hall–Kier alpha value is -1.00. The van der Waals surface area contributed by atoms with Gasteiger partial charge in [-0.1, -0.05) is 26.0 Å². The van der Waals surface area contributed by atoms with Crippen LogP contribution in [0.1, 0.15) is 45.6 Å². The minimum atomic E-state index is -0.759. The van der Waals surface area contributed by atoms with E-state index in [0.29, 0.717) is 18.2 Å². The van der Waals surface area contributed by atoms with Crippen LogP contribution in [0.2, 0.25) is 0 Å². The number of benzene rings is 1. The molecule has 1 fully saturated rings. The van der Waals surface area contributed by atoms with E-state index in [-0.39, 0.29) is 5.54 Å². The maximum Gasteiger partial charge on any atom is 0.163 e. The molecule has 0 amide bonds. The standard InChI is InChI=1S/C17H26F2N2/c1-4-17(5-2)12-21(13(3)9-10-20-17)11-14-7-6-8-15(18)16(14)19/h6-8,13,20H,4-5,9-12H2,1-3H3. The number of hydrogen-bond donors (Lipinski definition) is 1. The molecule has 1 saturated heterocycles. The summed E-state index contributed by atoms with van der Waals surface area (Å²) in [5, 5.41) is 3.66. The first kappa shape index (κ1) is 16.4. The predicted molar refractivity (Wildman–Crippen MR) is 82.2 cm³/mol. The van der Waals surface area contributed by atoms with Crippen molar-refractivity contribution in [1.82, 2.24) is 10.2 Å². The molecular weight excluding hydrogens is 270 g/mol. The first-order valence-corrected chi connectivity index (χ1v) is 7.93. The maximum atomic E-state index is 13.9. The fourth-order valence-electron chi connectivity index (χ4n) is 3.15. The Kier molecular flexibility index (Phi) is 5.33. The third kappa shape index (κ3) is 3.61. The van der Waals surface area contributed by atoms with E-state index in [0.717, 1.165) is 32.4 Å². The summed E-state index contributed by atoms with van der Waals surface area (Å²) in [6.45, 7) is 8.86. The van der Waals surface area contributed by atoms with Gasteiger partial charge in [-0.3, -0.25) is 4.90 Å². The van der Waals surface area contributed by atoms with E-state index in [2.05, 4.69) is 31.0 Å². The van der Waals surface area contributed by atoms with Crippen molar-refractivity contribution in [3.63, 3.8) is 0 Å². The zero-order valence-electron chi connectivity index (χ0n) is 13.3. The van der Waals surface area contributed by atoms with Crippen molar-refractivity contribution >= 4 is 0 Å². The van der Waals surface area contributed by atoms with E-state index >= 15 is 0 Å². The maximum absolute atomic E-state index is 13.9. The second-order valence-electron chi connectivity index (χ2n) is 6.17. The second kappa shape index (κ2) is 6.84. The zero-order valence-corrected chi connectivity index (χ0v) is 13.3. The summed E-state index contributed by atoms with van der Waals surface area (Å²) in [7, 11) is 0. The molecule has 1 unspecified atom stereocenters. The molecule has 4 heteroatoms. The lowest BCUT2D eigenvalue weighted by Gasteiger charge is -2.37. The zero-order chi connectivity index (χ0) is 15.5. The topological polar surface area (TPSA) is 15.3 Å². The fraction of sp³-hybridized carbons (Fsp3) is 0.647. The molecule has 0 radical (unpaired) electrons. The monoisotopic (exact) mass is 296 g/mol. The quantitative estimate of drug-likeness (QED) is 0.911. The van der Waals surface area contributed by atoms with Crippen molar-refractivity contribution in [3.8, 4) is 0 Å². The highest BCUT2D eigenvalue weighted by molar-refractivity contribution is 5.19. The number of rotatable bonds is 4. The molecule has 21 heavy (non-hydrogen) atoms. The van der Waals surface area contributed by atoms with Crippen LogP contribution in [0.4, 0.5) is 8.78 Å². The summed E-state index contributed by atoms with van der Waals surface area (Å²) in [6, 6.07) is 4.80. The van der Waals surface area contributed by atoms with Crippen LogP contribution in [0.15, 0.2) is 18.2 Å². The molecule has 1 aromatic rings. The summed E-state index contributed by atoms with van der Waals surface area (Å²) in [6.07, 6.45) is 3.11. The minimum Gasteiger partial charge on any atom is -0.310 e. The van der Waals surface area contributed by atoms with Crippen LogP contribution in [-0.4, -0.2) is 29.6 Å². The van der Waals surface area contributed by atoms with Gasteiger partial charge in [-0.2, -0.15) is 0 Å². The lowest BCUT2D eigenvalue weighted by Crippen LogP contribution is -2.51. The van der Waals surface area contributed by atoms with Gasteiger partial charge in [0.2, 0.25) is 0 Å². The van der Waals surface area contributed by atoms with Gasteiger partial charge in [0.25, 0.3) is 0 Å². The van der Waals surface area contributed by atoms with E-state index in [1.807, 2.05) is 0 Å². The fourth-order valence-corrected chi connectivity index (χ4v) is 3.15. The second-order valence-corrected chi connectivity index (χ2v) is 6.17. The normalized spacial score (nSPS) is 23.0. The molecule has 1 aromatic carbocycles. The van der Waals surface area contributed by atoms with E-state index < -0.39 is 11.6 Å². The van der Waals surface area contributed by atoms with Gasteiger partial charge < -0.3 is 5.32 Å². The van der Waals surface area contributed by atoms with Gasteiger partial charge in [0.1, 0.15) is 0 Å².